The van der Waals surface area contributed by atoms with Crippen LogP contribution in [0, 0.1) is 19.8 Å². The second kappa shape index (κ2) is 4.98. The van der Waals surface area contributed by atoms with Gasteiger partial charge in [0.25, 0.3) is 0 Å². The Labute approximate surface area is 112 Å². The maximum Gasteiger partial charge on any atom is 0.0941 e. The number of rotatable bonds is 2. The van der Waals surface area contributed by atoms with E-state index in [9.17, 15) is 0 Å². The van der Waals surface area contributed by atoms with Crippen molar-refractivity contribution in [1.82, 2.24) is 10.3 Å². The number of piperidine rings is 1. The van der Waals surface area contributed by atoms with E-state index in [2.05, 4.69) is 31.3 Å². The number of thiazole rings is 1. The van der Waals surface area contributed by atoms with Crippen LogP contribution in [0.2, 0.25) is 0 Å². The second-order valence-corrected chi connectivity index (χ2v) is 6.52. The molecular weight excluding hydrogens is 240 g/mol. The summed E-state index contributed by atoms with van der Waals surface area (Å²) in [7, 11) is 0. The smallest absolute Gasteiger partial charge is 0.0941 e. The molecule has 3 heteroatoms. The zero-order valence-corrected chi connectivity index (χ0v) is 11.9. The lowest BCUT2D eigenvalue weighted by Crippen LogP contribution is -2.28. The molecule has 1 aliphatic heterocycles. The lowest BCUT2D eigenvalue weighted by molar-refractivity contribution is 0.372. The molecule has 0 bridgehead atoms. The zero-order valence-electron chi connectivity index (χ0n) is 11.1. The zero-order chi connectivity index (χ0) is 12.5. The van der Waals surface area contributed by atoms with E-state index in [1.807, 2.05) is 11.3 Å². The van der Waals surface area contributed by atoms with Crippen LogP contribution in [0.1, 0.15) is 29.0 Å². The molecule has 0 unspecified atom stereocenters. The average molecular weight is 260 g/mol. The standard InChI is InChI=1S/C15H20N2S/c1-10-7-13-14(8-11(10)2)18-15(17-13)9-12-3-5-16-6-4-12/h7-8,12,16H,3-6,9H2,1-2H3. The Morgan fingerprint density at radius 1 is 1.22 bits per heavy atom. The van der Waals surface area contributed by atoms with Crippen molar-refractivity contribution in [1.29, 1.82) is 0 Å². The molecule has 3 rings (SSSR count). The first-order valence-corrected chi connectivity index (χ1v) is 7.61. The van der Waals surface area contributed by atoms with Gasteiger partial charge in [-0.25, -0.2) is 4.98 Å². The molecule has 96 valence electrons. The molecule has 0 spiro atoms. The van der Waals surface area contributed by atoms with Gasteiger partial charge in [-0.05, 0) is 69.0 Å². The molecule has 2 aromatic rings. The van der Waals surface area contributed by atoms with Crippen LogP contribution < -0.4 is 5.32 Å². The number of aromatic nitrogens is 1. The van der Waals surface area contributed by atoms with Gasteiger partial charge in [0.1, 0.15) is 0 Å². The molecule has 1 fully saturated rings. The highest BCUT2D eigenvalue weighted by Crippen LogP contribution is 2.28. The first kappa shape index (κ1) is 12.1. The fourth-order valence-corrected chi connectivity index (χ4v) is 3.81. The van der Waals surface area contributed by atoms with E-state index in [-0.39, 0.29) is 0 Å². The van der Waals surface area contributed by atoms with Gasteiger partial charge in [-0.3, -0.25) is 0 Å². The van der Waals surface area contributed by atoms with Crippen LogP contribution in [-0.2, 0) is 6.42 Å². The first-order valence-electron chi connectivity index (χ1n) is 6.80. The summed E-state index contributed by atoms with van der Waals surface area (Å²) < 4.78 is 1.35. The highest BCUT2D eigenvalue weighted by molar-refractivity contribution is 7.18. The highest BCUT2D eigenvalue weighted by atomic mass is 32.1. The Morgan fingerprint density at radius 2 is 1.94 bits per heavy atom. The first-order chi connectivity index (χ1) is 8.72. The van der Waals surface area contributed by atoms with E-state index in [4.69, 9.17) is 4.98 Å². The van der Waals surface area contributed by atoms with Gasteiger partial charge in [0.05, 0.1) is 15.2 Å². The van der Waals surface area contributed by atoms with Crippen LogP contribution in [0.15, 0.2) is 12.1 Å². The van der Waals surface area contributed by atoms with Gasteiger partial charge < -0.3 is 5.32 Å². The third-order valence-electron chi connectivity index (χ3n) is 3.97. The molecule has 1 saturated heterocycles. The molecular formula is C15H20N2S. The van der Waals surface area contributed by atoms with E-state index in [1.54, 1.807) is 0 Å². The number of nitrogens with one attached hydrogen (secondary N) is 1. The summed E-state index contributed by atoms with van der Waals surface area (Å²) in [6, 6.07) is 4.52. The molecule has 1 aromatic carbocycles. The second-order valence-electron chi connectivity index (χ2n) is 5.41. The van der Waals surface area contributed by atoms with Crippen molar-refractivity contribution in [3.8, 4) is 0 Å². The molecule has 1 N–H and O–H groups in total. The van der Waals surface area contributed by atoms with E-state index in [0.717, 1.165) is 5.92 Å². The quantitative estimate of drug-likeness (QED) is 0.894. The van der Waals surface area contributed by atoms with Crippen LogP contribution >= 0.6 is 11.3 Å². The minimum Gasteiger partial charge on any atom is -0.317 e. The van der Waals surface area contributed by atoms with Gasteiger partial charge in [0, 0.05) is 6.42 Å². The summed E-state index contributed by atoms with van der Waals surface area (Å²) in [4.78, 5) is 4.81. The van der Waals surface area contributed by atoms with E-state index in [0.29, 0.717) is 0 Å². The van der Waals surface area contributed by atoms with Crippen molar-refractivity contribution in [2.45, 2.75) is 33.1 Å². The third-order valence-corrected chi connectivity index (χ3v) is 5.01. The number of aryl methyl sites for hydroxylation is 2. The van der Waals surface area contributed by atoms with Crippen LogP contribution in [-0.4, -0.2) is 18.1 Å². The monoisotopic (exact) mass is 260 g/mol. The summed E-state index contributed by atoms with van der Waals surface area (Å²) in [6.45, 7) is 6.70. The molecule has 0 saturated carbocycles. The normalized spacial score (nSPS) is 17.4. The number of benzene rings is 1. The Bertz CT molecular complexity index is 514. The Balaban J connectivity index is 1.84. The van der Waals surface area contributed by atoms with E-state index in [1.165, 1.54) is 58.7 Å². The van der Waals surface area contributed by atoms with E-state index >= 15 is 0 Å². The fraction of sp³-hybridized carbons (Fsp3) is 0.533. The largest absolute Gasteiger partial charge is 0.317 e. The Morgan fingerprint density at radius 3 is 2.72 bits per heavy atom. The van der Waals surface area contributed by atoms with Crippen molar-refractivity contribution >= 4 is 21.6 Å². The van der Waals surface area contributed by atoms with Gasteiger partial charge >= 0.3 is 0 Å². The third kappa shape index (κ3) is 2.43. The van der Waals surface area contributed by atoms with Gasteiger partial charge in [-0.2, -0.15) is 0 Å². The van der Waals surface area contributed by atoms with Gasteiger partial charge in [0.2, 0.25) is 0 Å². The molecule has 0 aliphatic carbocycles. The molecule has 2 heterocycles. The fourth-order valence-electron chi connectivity index (χ4n) is 2.65. The van der Waals surface area contributed by atoms with Gasteiger partial charge in [-0.15, -0.1) is 11.3 Å². The Kier molecular flexibility index (Phi) is 3.35. The predicted octanol–water partition coefficient (Wildman–Crippen LogP) is 3.46. The van der Waals surface area contributed by atoms with Crippen molar-refractivity contribution in [3.05, 3.63) is 28.3 Å². The summed E-state index contributed by atoms with van der Waals surface area (Å²) in [5.41, 5.74) is 3.91. The SMILES string of the molecule is Cc1cc2nc(CC3CCNCC3)sc2cc1C. The molecule has 1 aliphatic rings. The van der Waals surface area contributed by atoms with Crippen molar-refractivity contribution in [2.24, 2.45) is 5.92 Å². The topological polar surface area (TPSA) is 24.9 Å². The highest BCUT2D eigenvalue weighted by Gasteiger charge is 2.16. The number of fused-ring (bicyclic) bond motifs is 1. The summed E-state index contributed by atoms with van der Waals surface area (Å²) in [5, 5.41) is 4.75. The van der Waals surface area contributed by atoms with Crippen LogP contribution in [0.3, 0.4) is 0 Å². The lowest BCUT2D eigenvalue weighted by atomic mass is 9.95. The van der Waals surface area contributed by atoms with Crippen LogP contribution in [0.25, 0.3) is 10.2 Å². The van der Waals surface area contributed by atoms with Gasteiger partial charge in [-0.1, -0.05) is 0 Å². The molecule has 0 radical (unpaired) electrons. The Hall–Kier alpha value is -0.930. The number of hydrogen-bond donors (Lipinski definition) is 1. The van der Waals surface area contributed by atoms with Gasteiger partial charge in [0.15, 0.2) is 0 Å². The maximum absolute atomic E-state index is 4.81. The number of nitrogens with zero attached hydrogens (tertiary/aromatic N) is 1. The van der Waals surface area contributed by atoms with Crippen molar-refractivity contribution in [2.75, 3.05) is 13.1 Å². The predicted molar refractivity (Wildman–Crippen MR) is 78.4 cm³/mol. The molecule has 2 nitrogen and oxygen atoms in total. The molecule has 0 atom stereocenters. The maximum atomic E-state index is 4.81. The molecule has 18 heavy (non-hydrogen) atoms. The average Bonchev–Trinajstić information content (AvgIpc) is 2.72. The summed E-state index contributed by atoms with van der Waals surface area (Å²) >= 11 is 1.88. The number of hydrogen-bond acceptors (Lipinski definition) is 3. The van der Waals surface area contributed by atoms with Crippen LogP contribution in [0.5, 0.6) is 0 Å². The summed E-state index contributed by atoms with van der Waals surface area (Å²) in [5.74, 6) is 0.828. The van der Waals surface area contributed by atoms with Crippen molar-refractivity contribution < 1.29 is 0 Å². The molecule has 0 amide bonds. The minimum absolute atomic E-state index is 0.828. The van der Waals surface area contributed by atoms with Crippen molar-refractivity contribution in [3.63, 3.8) is 0 Å². The van der Waals surface area contributed by atoms with E-state index < -0.39 is 0 Å². The van der Waals surface area contributed by atoms with Crippen LogP contribution in [0.4, 0.5) is 0 Å². The summed E-state index contributed by atoms with van der Waals surface area (Å²) in [6.07, 6.45) is 3.76. The lowest BCUT2D eigenvalue weighted by Gasteiger charge is -2.21. The minimum atomic E-state index is 0.828. The molecule has 1 aromatic heterocycles.